The van der Waals surface area contributed by atoms with Crippen molar-refractivity contribution in [1.29, 1.82) is 0 Å². The molecule has 27 heavy (non-hydrogen) atoms. The first-order valence-electron chi connectivity index (χ1n) is 9.11. The summed E-state index contributed by atoms with van der Waals surface area (Å²) in [5.41, 5.74) is 9.61. The van der Waals surface area contributed by atoms with Gasteiger partial charge >= 0.3 is 0 Å². The van der Waals surface area contributed by atoms with Gasteiger partial charge in [-0.2, -0.15) is 5.10 Å². The number of para-hydroxylation sites is 1. The maximum Gasteiger partial charge on any atom is 0.298 e. The molecule has 0 bridgehead atoms. The van der Waals surface area contributed by atoms with Crippen molar-refractivity contribution in [2.45, 2.75) is 18.5 Å². The Bertz CT molecular complexity index is 970. The van der Waals surface area contributed by atoms with E-state index in [-0.39, 0.29) is 11.9 Å². The molecule has 0 spiro atoms. The monoisotopic (exact) mass is 361 g/mol. The SMILES string of the molecule is [NH3+][C@H](CC1=C[NH2+][C@@H]2C=CC=C[C@@H]12)C(=O)N/N=C\c1cccc2cccnc12. The Morgan fingerprint density at radius 3 is 3.07 bits per heavy atom. The summed E-state index contributed by atoms with van der Waals surface area (Å²) in [6.45, 7) is 0. The van der Waals surface area contributed by atoms with Crippen LogP contribution in [0.25, 0.3) is 10.9 Å². The Morgan fingerprint density at radius 2 is 2.15 bits per heavy atom. The summed E-state index contributed by atoms with van der Waals surface area (Å²) in [4.78, 5) is 16.8. The molecule has 6 N–H and O–H groups in total. The molecule has 2 aliphatic rings. The number of fused-ring (bicyclic) bond motifs is 2. The van der Waals surface area contributed by atoms with Crippen LogP contribution in [0.3, 0.4) is 0 Å². The van der Waals surface area contributed by atoms with Crippen LogP contribution in [-0.4, -0.2) is 29.2 Å². The summed E-state index contributed by atoms with van der Waals surface area (Å²) < 4.78 is 0. The van der Waals surface area contributed by atoms with Gasteiger partial charge in [0.25, 0.3) is 5.91 Å². The zero-order chi connectivity index (χ0) is 18.6. The molecule has 1 aromatic heterocycles. The van der Waals surface area contributed by atoms with Crippen molar-refractivity contribution in [2.24, 2.45) is 11.0 Å². The van der Waals surface area contributed by atoms with Gasteiger partial charge in [0.1, 0.15) is 6.04 Å². The molecule has 0 saturated heterocycles. The molecule has 2 heterocycles. The Morgan fingerprint density at radius 1 is 1.30 bits per heavy atom. The lowest BCUT2D eigenvalue weighted by Gasteiger charge is -2.16. The van der Waals surface area contributed by atoms with E-state index in [4.69, 9.17) is 0 Å². The predicted octanol–water partition coefficient (Wildman–Crippen LogP) is 0.257. The topological polar surface area (TPSA) is 98.6 Å². The zero-order valence-corrected chi connectivity index (χ0v) is 15.0. The first kappa shape index (κ1) is 17.3. The number of hydrogen-bond acceptors (Lipinski definition) is 3. The number of carbonyl (C=O) groups is 1. The number of carbonyl (C=O) groups excluding carboxylic acids is 1. The quantitative estimate of drug-likeness (QED) is 0.526. The summed E-state index contributed by atoms with van der Waals surface area (Å²) in [5, 5.41) is 7.34. The van der Waals surface area contributed by atoms with E-state index >= 15 is 0 Å². The van der Waals surface area contributed by atoms with Crippen molar-refractivity contribution >= 4 is 23.0 Å². The minimum Gasteiger partial charge on any atom is -0.347 e. The molecule has 1 aliphatic heterocycles. The maximum atomic E-state index is 12.4. The number of amides is 1. The number of nitrogens with two attached hydrogens (primary N) is 1. The van der Waals surface area contributed by atoms with Crippen molar-refractivity contribution < 1.29 is 15.8 Å². The molecule has 0 radical (unpaired) electrons. The van der Waals surface area contributed by atoms with Crippen molar-refractivity contribution in [1.82, 2.24) is 10.4 Å². The Labute approximate surface area is 157 Å². The number of hydrogen-bond donors (Lipinski definition) is 3. The van der Waals surface area contributed by atoms with Crippen LogP contribution in [0.4, 0.5) is 0 Å². The van der Waals surface area contributed by atoms with Crippen LogP contribution in [0.5, 0.6) is 0 Å². The third-order valence-electron chi connectivity index (χ3n) is 5.03. The highest BCUT2D eigenvalue weighted by Gasteiger charge is 2.33. The van der Waals surface area contributed by atoms with E-state index in [0.29, 0.717) is 18.4 Å². The second-order valence-electron chi connectivity index (χ2n) is 6.86. The first-order valence-corrected chi connectivity index (χ1v) is 9.11. The van der Waals surface area contributed by atoms with E-state index in [2.05, 4.69) is 57.1 Å². The summed E-state index contributed by atoms with van der Waals surface area (Å²) in [5.74, 6) is 0.177. The maximum absolute atomic E-state index is 12.4. The summed E-state index contributed by atoms with van der Waals surface area (Å²) in [6, 6.07) is 9.80. The fraction of sp³-hybridized carbons (Fsp3) is 0.190. The number of benzene rings is 1. The van der Waals surface area contributed by atoms with Crippen molar-refractivity contribution in [3.05, 3.63) is 78.2 Å². The van der Waals surface area contributed by atoms with Gasteiger partial charge in [-0.05, 0) is 12.1 Å². The lowest BCUT2D eigenvalue weighted by molar-refractivity contribution is -0.609. The van der Waals surface area contributed by atoms with Crippen molar-refractivity contribution in [3.8, 4) is 0 Å². The molecule has 1 aromatic carbocycles. The van der Waals surface area contributed by atoms with E-state index in [0.717, 1.165) is 16.5 Å². The highest BCUT2D eigenvalue weighted by atomic mass is 16.2. The number of hydrazone groups is 1. The van der Waals surface area contributed by atoms with Gasteiger partial charge in [0.05, 0.1) is 23.8 Å². The van der Waals surface area contributed by atoms with Gasteiger partial charge in [0.2, 0.25) is 0 Å². The standard InChI is InChI=1S/C21H21N5O/c22-18(11-16-12-24-19-9-2-1-8-17(16)19)21(27)26-25-13-15-6-3-5-14-7-4-10-23-20(14)15/h1-10,12-13,17-19,24H,11,22H2,(H,26,27)/p+2/b25-13-/t17-,18+,19+/m0/s1. The Balaban J connectivity index is 1.37. The first-order chi connectivity index (χ1) is 13.2. The van der Waals surface area contributed by atoms with Crippen LogP contribution >= 0.6 is 0 Å². The number of pyridine rings is 1. The molecule has 2 aromatic rings. The smallest absolute Gasteiger partial charge is 0.298 e. The van der Waals surface area contributed by atoms with Crippen molar-refractivity contribution in [3.63, 3.8) is 0 Å². The number of aromatic nitrogens is 1. The Kier molecular flexibility index (Phi) is 4.91. The molecule has 0 saturated carbocycles. The van der Waals surface area contributed by atoms with Gasteiger partial charge in [-0.25, -0.2) is 5.43 Å². The highest BCUT2D eigenvalue weighted by Crippen LogP contribution is 2.25. The molecule has 1 amide bonds. The summed E-state index contributed by atoms with van der Waals surface area (Å²) in [6.07, 6.45) is 14.7. The lowest BCUT2D eigenvalue weighted by atomic mass is 9.88. The van der Waals surface area contributed by atoms with Crippen LogP contribution in [-0.2, 0) is 4.79 Å². The molecule has 6 nitrogen and oxygen atoms in total. The van der Waals surface area contributed by atoms with E-state index < -0.39 is 0 Å². The molecule has 0 fully saturated rings. The van der Waals surface area contributed by atoms with Gasteiger partial charge in [-0.3, -0.25) is 9.78 Å². The Hall–Kier alpha value is -3.09. The lowest BCUT2D eigenvalue weighted by Crippen LogP contribution is -2.83. The van der Waals surface area contributed by atoms with E-state index in [9.17, 15) is 4.79 Å². The third kappa shape index (κ3) is 3.72. The molecule has 136 valence electrons. The van der Waals surface area contributed by atoms with Crippen LogP contribution in [0.15, 0.2) is 77.7 Å². The molecular weight excluding hydrogens is 338 g/mol. The number of rotatable bonds is 5. The second kappa shape index (κ2) is 7.65. The summed E-state index contributed by atoms with van der Waals surface area (Å²) >= 11 is 0. The molecule has 4 rings (SSSR count). The molecule has 3 atom stereocenters. The fourth-order valence-corrected chi connectivity index (χ4v) is 3.59. The predicted molar refractivity (Wildman–Crippen MR) is 104 cm³/mol. The molecule has 6 heteroatoms. The average Bonchev–Trinajstić information content (AvgIpc) is 3.11. The highest BCUT2D eigenvalue weighted by molar-refractivity contribution is 5.97. The largest absolute Gasteiger partial charge is 0.347 e. The van der Waals surface area contributed by atoms with E-state index in [1.807, 2.05) is 30.3 Å². The van der Waals surface area contributed by atoms with Crippen LogP contribution < -0.4 is 16.5 Å². The molecular formula is C21H23N5O+2. The van der Waals surface area contributed by atoms with E-state index in [1.165, 1.54) is 5.57 Å². The van der Waals surface area contributed by atoms with Gasteiger partial charge < -0.3 is 11.1 Å². The third-order valence-corrected chi connectivity index (χ3v) is 5.03. The van der Waals surface area contributed by atoms with Gasteiger partial charge in [0.15, 0.2) is 6.04 Å². The van der Waals surface area contributed by atoms with Gasteiger partial charge in [-0.15, -0.1) is 0 Å². The molecule has 1 aliphatic carbocycles. The van der Waals surface area contributed by atoms with Crippen molar-refractivity contribution in [2.75, 3.05) is 0 Å². The number of quaternary nitrogens is 2. The van der Waals surface area contributed by atoms with Crippen LogP contribution in [0, 0.1) is 5.92 Å². The van der Waals surface area contributed by atoms with E-state index in [1.54, 1.807) is 12.4 Å². The number of nitrogens with one attached hydrogen (secondary N) is 1. The number of allylic oxidation sites excluding steroid dienone is 2. The summed E-state index contributed by atoms with van der Waals surface area (Å²) in [7, 11) is 0. The van der Waals surface area contributed by atoms with Crippen LogP contribution in [0.1, 0.15) is 12.0 Å². The average molecular weight is 361 g/mol. The minimum absolute atomic E-state index is 0.181. The normalized spacial score (nSPS) is 22.0. The molecule has 0 unspecified atom stereocenters. The zero-order valence-electron chi connectivity index (χ0n) is 15.0. The fourth-order valence-electron chi connectivity index (χ4n) is 3.59. The van der Waals surface area contributed by atoms with Crippen LogP contribution in [0.2, 0.25) is 0 Å². The number of nitrogens with zero attached hydrogens (tertiary/aromatic N) is 2. The minimum atomic E-state index is -0.384. The van der Waals surface area contributed by atoms with Gasteiger partial charge in [0, 0.05) is 29.1 Å². The second-order valence-corrected chi connectivity index (χ2v) is 6.86. The van der Waals surface area contributed by atoms with Gasteiger partial charge in [-0.1, -0.05) is 42.5 Å².